The Labute approximate surface area is 172 Å². The second kappa shape index (κ2) is 9.49. The predicted molar refractivity (Wildman–Crippen MR) is 120 cm³/mol. The molecule has 0 bridgehead atoms. The van der Waals surface area contributed by atoms with E-state index >= 15 is 0 Å². The van der Waals surface area contributed by atoms with Crippen molar-refractivity contribution in [2.75, 3.05) is 19.6 Å². The molecule has 3 aromatic rings. The van der Waals surface area contributed by atoms with Gasteiger partial charge >= 0.3 is 0 Å². The third-order valence-electron chi connectivity index (χ3n) is 5.44. The molecule has 2 heteroatoms. The second-order valence-electron chi connectivity index (χ2n) is 7.51. The minimum absolute atomic E-state index is 0.182. The van der Waals surface area contributed by atoms with Gasteiger partial charge in [0.1, 0.15) is 5.82 Å². The molecule has 3 aromatic carbocycles. The van der Waals surface area contributed by atoms with Crippen molar-refractivity contribution in [1.82, 2.24) is 4.90 Å². The third-order valence-corrected chi connectivity index (χ3v) is 5.44. The van der Waals surface area contributed by atoms with Gasteiger partial charge in [0.25, 0.3) is 0 Å². The Balaban J connectivity index is 1.41. The molecule has 1 heterocycles. The molecule has 0 unspecified atom stereocenters. The first-order chi connectivity index (χ1) is 14.3. The molecular formula is C27H26FN. The molecule has 1 nitrogen and oxygen atoms in total. The lowest BCUT2D eigenvalue weighted by Crippen LogP contribution is -2.28. The summed E-state index contributed by atoms with van der Waals surface area (Å²) in [6, 6.07) is 25.9. The molecule has 0 N–H and O–H groups in total. The minimum Gasteiger partial charge on any atom is -0.296 e. The molecule has 146 valence electrons. The summed E-state index contributed by atoms with van der Waals surface area (Å²) >= 11 is 0. The summed E-state index contributed by atoms with van der Waals surface area (Å²) < 4.78 is 13.2. The van der Waals surface area contributed by atoms with Gasteiger partial charge in [-0.05, 0) is 52.8 Å². The van der Waals surface area contributed by atoms with Gasteiger partial charge in [0, 0.05) is 19.6 Å². The van der Waals surface area contributed by atoms with Crippen LogP contribution in [-0.2, 0) is 6.42 Å². The fraction of sp³-hybridized carbons (Fsp3) is 0.185. The first-order valence-corrected chi connectivity index (χ1v) is 10.2. The number of nitrogens with zero attached hydrogens (tertiary/aromatic N) is 1. The van der Waals surface area contributed by atoms with Crippen molar-refractivity contribution in [2.24, 2.45) is 0 Å². The maximum Gasteiger partial charge on any atom is 0.123 e. The Hall–Kier alpha value is -2.97. The lowest BCUT2D eigenvalue weighted by atomic mass is 9.91. The standard InChI is InChI=1S/C27H26FN/c28-26-14-12-23(13-15-26)21-25-10-4-5-11-27(25)24-16-19-29(20-17-24)18-6-9-22-7-2-1-3-8-22/h1-16H,17-21H2. The van der Waals surface area contributed by atoms with Gasteiger partial charge in [-0.3, -0.25) is 4.90 Å². The zero-order chi connectivity index (χ0) is 19.9. The smallest absolute Gasteiger partial charge is 0.123 e. The van der Waals surface area contributed by atoms with Crippen LogP contribution in [0.25, 0.3) is 11.6 Å². The summed E-state index contributed by atoms with van der Waals surface area (Å²) in [7, 11) is 0. The molecule has 1 aliphatic heterocycles. The molecule has 0 fully saturated rings. The first-order valence-electron chi connectivity index (χ1n) is 10.2. The van der Waals surface area contributed by atoms with E-state index in [1.165, 1.54) is 22.3 Å². The molecule has 0 amide bonds. The number of benzene rings is 3. The molecule has 0 saturated carbocycles. The normalized spacial score (nSPS) is 14.9. The molecule has 4 rings (SSSR count). The first kappa shape index (κ1) is 19.4. The zero-order valence-corrected chi connectivity index (χ0v) is 16.6. The van der Waals surface area contributed by atoms with Crippen molar-refractivity contribution in [3.05, 3.63) is 119 Å². The van der Waals surface area contributed by atoms with Crippen LogP contribution in [0.5, 0.6) is 0 Å². The van der Waals surface area contributed by atoms with Crippen molar-refractivity contribution in [3.63, 3.8) is 0 Å². The molecule has 0 aliphatic carbocycles. The lowest BCUT2D eigenvalue weighted by Gasteiger charge is -2.26. The number of halogens is 1. The summed E-state index contributed by atoms with van der Waals surface area (Å²) in [5, 5.41) is 0. The van der Waals surface area contributed by atoms with Crippen LogP contribution >= 0.6 is 0 Å². The van der Waals surface area contributed by atoms with Gasteiger partial charge in [-0.1, -0.05) is 85.0 Å². The van der Waals surface area contributed by atoms with Crippen LogP contribution in [0.1, 0.15) is 28.7 Å². The van der Waals surface area contributed by atoms with E-state index in [-0.39, 0.29) is 5.82 Å². The fourth-order valence-corrected chi connectivity index (χ4v) is 3.83. The van der Waals surface area contributed by atoms with Crippen molar-refractivity contribution >= 4 is 11.6 Å². The topological polar surface area (TPSA) is 3.24 Å². The molecule has 1 aliphatic rings. The van der Waals surface area contributed by atoms with Crippen LogP contribution in [0.15, 0.2) is 91.0 Å². The highest BCUT2D eigenvalue weighted by atomic mass is 19.1. The van der Waals surface area contributed by atoms with E-state index in [0.29, 0.717) is 0 Å². The van der Waals surface area contributed by atoms with Gasteiger partial charge in [0.2, 0.25) is 0 Å². The van der Waals surface area contributed by atoms with E-state index in [2.05, 4.69) is 71.7 Å². The molecule has 0 spiro atoms. The monoisotopic (exact) mass is 383 g/mol. The largest absolute Gasteiger partial charge is 0.296 e. The van der Waals surface area contributed by atoms with Crippen LogP contribution < -0.4 is 0 Å². The maximum absolute atomic E-state index is 13.2. The Morgan fingerprint density at radius 3 is 2.38 bits per heavy atom. The third kappa shape index (κ3) is 5.30. The van der Waals surface area contributed by atoms with Crippen LogP contribution in [0.2, 0.25) is 0 Å². The highest BCUT2D eigenvalue weighted by molar-refractivity contribution is 5.69. The predicted octanol–water partition coefficient (Wildman–Crippen LogP) is 6.22. The van der Waals surface area contributed by atoms with E-state index in [4.69, 9.17) is 0 Å². The highest BCUT2D eigenvalue weighted by Crippen LogP contribution is 2.27. The maximum atomic E-state index is 13.2. The molecule has 0 saturated heterocycles. The quantitative estimate of drug-likeness (QED) is 0.488. The average molecular weight is 384 g/mol. The summed E-state index contributed by atoms with van der Waals surface area (Å²) in [4.78, 5) is 2.46. The minimum atomic E-state index is -0.182. The van der Waals surface area contributed by atoms with Crippen molar-refractivity contribution in [1.29, 1.82) is 0 Å². The van der Waals surface area contributed by atoms with E-state index in [1.54, 1.807) is 12.1 Å². The summed E-state index contributed by atoms with van der Waals surface area (Å²) in [5.41, 5.74) is 6.45. The van der Waals surface area contributed by atoms with Crippen molar-refractivity contribution < 1.29 is 4.39 Å². The SMILES string of the molecule is Fc1ccc(Cc2ccccc2C2=CCN(CC=Cc3ccccc3)CC2)cc1. The second-order valence-corrected chi connectivity index (χ2v) is 7.51. The van der Waals surface area contributed by atoms with Crippen LogP contribution in [0.3, 0.4) is 0 Å². The molecule has 29 heavy (non-hydrogen) atoms. The van der Waals surface area contributed by atoms with E-state index in [0.717, 1.165) is 38.0 Å². The number of hydrogen-bond donors (Lipinski definition) is 0. The number of rotatable bonds is 6. The Morgan fingerprint density at radius 2 is 1.62 bits per heavy atom. The molecule has 0 aromatic heterocycles. The number of hydrogen-bond acceptors (Lipinski definition) is 1. The summed E-state index contributed by atoms with van der Waals surface area (Å²) in [6.07, 6.45) is 8.69. The van der Waals surface area contributed by atoms with Gasteiger partial charge in [-0.15, -0.1) is 0 Å². The van der Waals surface area contributed by atoms with Crippen molar-refractivity contribution in [3.8, 4) is 0 Å². The molecule has 0 radical (unpaired) electrons. The van der Waals surface area contributed by atoms with Gasteiger partial charge in [0.05, 0.1) is 0 Å². The van der Waals surface area contributed by atoms with Gasteiger partial charge in [-0.25, -0.2) is 4.39 Å². The average Bonchev–Trinajstić information content (AvgIpc) is 2.77. The van der Waals surface area contributed by atoms with Crippen molar-refractivity contribution in [2.45, 2.75) is 12.8 Å². The summed E-state index contributed by atoms with van der Waals surface area (Å²) in [5.74, 6) is -0.182. The molecular weight excluding hydrogens is 357 g/mol. The Morgan fingerprint density at radius 1 is 0.862 bits per heavy atom. The van der Waals surface area contributed by atoms with Crippen LogP contribution in [0.4, 0.5) is 4.39 Å². The van der Waals surface area contributed by atoms with E-state index in [9.17, 15) is 4.39 Å². The van der Waals surface area contributed by atoms with Gasteiger partial charge < -0.3 is 0 Å². The van der Waals surface area contributed by atoms with Crippen LogP contribution in [-0.4, -0.2) is 24.5 Å². The zero-order valence-electron chi connectivity index (χ0n) is 16.6. The Kier molecular flexibility index (Phi) is 6.33. The molecule has 0 atom stereocenters. The summed E-state index contributed by atoms with van der Waals surface area (Å²) in [6.45, 7) is 3.01. The van der Waals surface area contributed by atoms with E-state index < -0.39 is 0 Å². The lowest BCUT2D eigenvalue weighted by molar-refractivity contribution is 0.335. The van der Waals surface area contributed by atoms with E-state index in [1.807, 2.05) is 18.2 Å². The van der Waals surface area contributed by atoms with Gasteiger partial charge in [0.15, 0.2) is 0 Å². The van der Waals surface area contributed by atoms with Gasteiger partial charge in [-0.2, -0.15) is 0 Å². The fourth-order valence-electron chi connectivity index (χ4n) is 3.83. The Bertz CT molecular complexity index is 987. The highest BCUT2D eigenvalue weighted by Gasteiger charge is 2.14. The van der Waals surface area contributed by atoms with Crippen LogP contribution in [0, 0.1) is 5.82 Å².